The largest absolute Gasteiger partial charge is 0.382 e. The number of nitrogens with one attached hydrogen (secondary N) is 1. The Morgan fingerprint density at radius 2 is 2.29 bits per heavy atom. The first-order valence-electron chi connectivity index (χ1n) is 4.35. The Labute approximate surface area is 83.2 Å². The number of aromatic nitrogens is 1. The van der Waals surface area contributed by atoms with Gasteiger partial charge in [-0.1, -0.05) is 6.07 Å². The summed E-state index contributed by atoms with van der Waals surface area (Å²) in [4.78, 5) is 4.05. The summed E-state index contributed by atoms with van der Waals surface area (Å²) in [5.74, 6) is 5.82. The van der Waals surface area contributed by atoms with E-state index >= 15 is 0 Å². The molecule has 1 heterocycles. The number of rotatable bonds is 6. The molecular weight excluding hydrogens is 182 g/mol. The van der Waals surface area contributed by atoms with Crippen LogP contribution in [-0.2, 0) is 16.1 Å². The maximum Gasteiger partial charge on any atom is 0.139 e. The van der Waals surface area contributed by atoms with Crippen LogP contribution in [0.4, 0.5) is 5.82 Å². The Bertz CT molecular complexity index is 251. The van der Waals surface area contributed by atoms with Gasteiger partial charge in [0.1, 0.15) is 5.82 Å². The smallest absolute Gasteiger partial charge is 0.139 e. The average molecular weight is 197 g/mol. The number of hydrazine groups is 1. The first kappa shape index (κ1) is 10.9. The Kier molecular flexibility index (Phi) is 4.92. The number of anilines is 1. The lowest BCUT2D eigenvalue weighted by Gasteiger charge is -2.04. The van der Waals surface area contributed by atoms with Crippen LogP contribution in [0.15, 0.2) is 18.3 Å². The van der Waals surface area contributed by atoms with Crippen LogP contribution in [0.5, 0.6) is 0 Å². The van der Waals surface area contributed by atoms with E-state index in [1.165, 1.54) is 0 Å². The fourth-order valence-corrected chi connectivity index (χ4v) is 0.928. The lowest BCUT2D eigenvalue weighted by atomic mass is 10.3. The lowest BCUT2D eigenvalue weighted by molar-refractivity contribution is 0.0615. The SMILES string of the molecule is COCCOCc1ccc(NN)nc1. The zero-order valence-electron chi connectivity index (χ0n) is 8.19. The predicted octanol–water partition coefficient (Wildman–Crippen LogP) is 0.530. The highest BCUT2D eigenvalue weighted by Crippen LogP contribution is 2.04. The molecule has 0 aliphatic rings. The van der Waals surface area contributed by atoms with Crippen molar-refractivity contribution in [2.75, 3.05) is 25.7 Å². The van der Waals surface area contributed by atoms with Crippen molar-refractivity contribution in [3.8, 4) is 0 Å². The average Bonchev–Trinajstić information content (AvgIpc) is 2.25. The molecule has 0 aliphatic carbocycles. The van der Waals surface area contributed by atoms with E-state index in [0.29, 0.717) is 25.6 Å². The summed E-state index contributed by atoms with van der Waals surface area (Å²) in [6.45, 7) is 1.74. The predicted molar refractivity (Wildman–Crippen MR) is 53.6 cm³/mol. The molecule has 0 fully saturated rings. The molecule has 0 aromatic carbocycles. The summed E-state index contributed by atoms with van der Waals surface area (Å²) in [6.07, 6.45) is 1.72. The van der Waals surface area contributed by atoms with Gasteiger partial charge in [-0.25, -0.2) is 10.8 Å². The summed E-state index contributed by atoms with van der Waals surface area (Å²) in [7, 11) is 1.65. The minimum Gasteiger partial charge on any atom is -0.382 e. The quantitative estimate of drug-likeness (QED) is 0.395. The Morgan fingerprint density at radius 1 is 1.43 bits per heavy atom. The molecular formula is C9H15N3O2. The van der Waals surface area contributed by atoms with Crippen LogP contribution in [0.3, 0.4) is 0 Å². The molecule has 1 aromatic rings. The minimum absolute atomic E-state index is 0.543. The summed E-state index contributed by atoms with van der Waals surface area (Å²) >= 11 is 0. The van der Waals surface area contributed by atoms with Crippen LogP contribution in [0, 0.1) is 0 Å². The normalized spacial score (nSPS) is 10.1. The summed E-state index contributed by atoms with van der Waals surface area (Å²) < 4.78 is 10.2. The molecule has 0 saturated carbocycles. The molecule has 0 saturated heterocycles. The van der Waals surface area contributed by atoms with Crippen LogP contribution in [0.1, 0.15) is 5.56 Å². The van der Waals surface area contributed by atoms with Crippen LogP contribution in [0.2, 0.25) is 0 Å². The number of nitrogens with zero attached hydrogens (tertiary/aromatic N) is 1. The monoisotopic (exact) mass is 197 g/mol. The van der Waals surface area contributed by atoms with E-state index in [1.54, 1.807) is 19.4 Å². The molecule has 0 atom stereocenters. The van der Waals surface area contributed by atoms with Crippen molar-refractivity contribution in [3.63, 3.8) is 0 Å². The molecule has 0 amide bonds. The number of nitrogen functional groups attached to an aromatic ring is 1. The fourth-order valence-electron chi connectivity index (χ4n) is 0.928. The van der Waals surface area contributed by atoms with Crippen molar-refractivity contribution >= 4 is 5.82 Å². The first-order valence-corrected chi connectivity index (χ1v) is 4.35. The molecule has 0 spiro atoms. The molecule has 14 heavy (non-hydrogen) atoms. The van der Waals surface area contributed by atoms with E-state index in [1.807, 2.05) is 6.07 Å². The van der Waals surface area contributed by atoms with E-state index in [0.717, 1.165) is 5.56 Å². The second-order valence-corrected chi connectivity index (χ2v) is 2.74. The van der Waals surface area contributed by atoms with Gasteiger partial charge in [0.05, 0.1) is 19.8 Å². The zero-order chi connectivity index (χ0) is 10.2. The second-order valence-electron chi connectivity index (χ2n) is 2.74. The molecule has 1 rings (SSSR count). The van der Waals surface area contributed by atoms with E-state index in [2.05, 4.69) is 10.4 Å². The lowest BCUT2D eigenvalue weighted by Crippen LogP contribution is -2.08. The van der Waals surface area contributed by atoms with Crippen LogP contribution in [0.25, 0.3) is 0 Å². The van der Waals surface area contributed by atoms with Crippen molar-refractivity contribution in [2.24, 2.45) is 5.84 Å². The van der Waals surface area contributed by atoms with Gasteiger partial charge in [0.25, 0.3) is 0 Å². The molecule has 5 nitrogen and oxygen atoms in total. The van der Waals surface area contributed by atoms with E-state index < -0.39 is 0 Å². The number of methoxy groups -OCH3 is 1. The maximum atomic E-state index is 5.32. The van der Waals surface area contributed by atoms with Crippen molar-refractivity contribution in [1.29, 1.82) is 0 Å². The van der Waals surface area contributed by atoms with Gasteiger partial charge in [-0.05, 0) is 11.6 Å². The highest BCUT2D eigenvalue weighted by Gasteiger charge is 1.94. The third-order valence-electron chi connectivity index (χ3n) is 1.67. The van der Waals surface area contributed by atoms with Gasteiger partial charge < -0.3 is 14.9 Å². The Morgan fingerprint density at radius 3 is 2.86 bits per heavy atom. The molecule has 78 valence electrons. The molecule has 0 unspecified atom stereocenters. The third kappa shape index (κ3) is 3.69. The molecule has 0 radical (unpaired) electrons. The van der Waals surface area contributed by atoms with Crippen molar-refractivity contribution < 1.29 is 9.47 Å². The van der Waals surface area contributed by atoms with Crippen LogP contribution < -0.4 is 11.3 Å². The van der Waals surface area contributed by atoms with Gasteiger partial charge >= 0.3 is 0 Å². The van der Waals surface area contributed by atoms with Crippen LogP contribution >= 0.6 is 0 Å². The maximum absolute atomic E-state index is 5.32. The van der Waals surface area contributed by atoms with Crippen molar-refractivity contribution in [1.82, 2.24) is 4.98 Å². The van der Waals surface area contributed by atoms with Gasteiger partial charge in [-0.15, -0.1) is 0 Å². The Balaban J connectivity index is 2.29. The van der Waals surface area contributed by atoms with E-state index in [4.69, 9.17) is 15.3 Å². The van der Waals surface area contributed by atoms with Gasteiger partial charge in [-0.3, -0.25) is 0 Å². The highest BCUT2D eigenvalue weighted by atomic mass is 16.5. The molecule has 3 N–H and O–H groups in total. The summed E-state index contributed by atoms with van der Waals surface area (Å²) in [5.41, 5.74) is 3.47. The van der Waals surface area contributed by atoms with Crippen molar-refractivity contribution in [2.45, 2.75) is 6.61 Å². The molecule has 1 aromatic heterocycles. The molecule has 5 heteroatoms. The molecule has 0 bridgehead atoms. The summed E-state index contributed by atoms with van der Waals surface area (Å²) in [5, 5.41) is 0. The zero-order valence-corrected chi connectivity index (χ0v) is 8.19. The minimum atomic E-state index is 0.543. The van der Waals surface area contributed by atoms with Crippen LogP contribution in [-0.4, -0.2) is 25.3 Å². The van der Waals surface area contributed by atoms with E-state index in [-0.39, 0.29) is 0 Å². The first-order chi connectivity index (χ1) is 6.86. The highest BCUT2D eigenvalue weighted by molar-refractivity contribution is 5.33. The number of ether oxygens (including phenoxy) is 2. The molecule has 0 aliphatic heterocycles. The van der Waals surface area contributed by atoms with Gasteiger partial charge in [0.2, 0.25) is 0 Å². The fraction of sp³-hybridized carbons (Fsp3) is 0.444. The van der Waals surface area contributed by atoms with Gasteiger partial charge in [0, 0.05) is 13.3 Å². The van der Waals surface area contributed by atoms with Gasteiger partial charge in [0.15, 0.2) is 0 Å². The Hall–Kier alpha value is -1.17. The van der Waals surface area contributed by atoms with E-state index in [9.17, 15) is 0 Å². The number of nitrogens with two attached hydrogens (primary N) is 1. The second kappa shape index (κ2) is 6.31. The third-order valence-corrected chi connectivity index (χ3v) is 1.67. The van der Waals surface area contributed by atoms with Gasteiger partial charge in [-0.2, -0.15) is 0 Å². The number of hydrogen-bond donors (Lipinski definition) is 2. The standard InChI is InChI=1S/C9H15N3O2/c1-13-4-5-14-7-8-2-3-9(12-10)11-6-8/h2-3,6H,4-5,7,10H2,1H3,(H,11,12). The topological polar surface area (TPSA) is 69.4 Å². The van der Waals surface area contributed by atoms with Crippen molar-refractivity contribution in [3.05, 3.63) is 23.9 Å². The summed E-state index contributed by atoms with van der Waals surface area (Å²) in [6, 6.07) is 3.71. The number of pyridine rings is 1. The number of hydrogen-bond acceptors (Lipinski definition) is 5.